The molecule has 3 heteroatoms. The molecule has 2 aromatic rings. The summed E-state index contributed by atoms with van der Waals surface area (Å²) < 4.78 is 0. The molecule has 1 aliphatic rings. The SMILES string of the molecule is CN1CCNCC1Cc1ccc2ncccc2c1. The topological polar surface area (TPSA) is 28.2 Å². The highest BCUT2D eigenvalue weighted by atomic mass is 15.2. The van der Waals surface area contributed by atoms with Gasteiger partial charge < -0.3 is 10.2 Å². The largest absolute Gasteiger partial charge is 0.314 e. The molecule has 1 N–H and O–H groups in total. The number of pyridine rings is 1. The van der Waals surface area contributed by atoms with Gasteiger partial charge in [-0.1, -0.05) is 12.1 Å². The quantitative estimate of drug-likeness (QED) is 0.867. The van der Waals surface area contributed by atoms with Crippen LogP contribution in [0.5, 0.6) is 0 Å². The van der Waals surface area contributed by atoms with Gasteiger partial charge in [0.2, 0.25) is 0 Å². The van der Waals surface area contributed by atoms with E-state index in [0.717, 1.165) is 31.6 Å². The summed E-state index contributed by atoms with van der Waals surface area (Å²) in [6, 6.07) is 11.3. The molecule has 1 atom stereocenters. The minimum Gasteiger partial charge on any atom is -0.314 e. The molecule has 1 aromatic carbocycles. The molecule has 94 valence electrons. The Hall–Kier alpha value is -1.45. The van der Waals surface area contributed by atoms with Crippen LogP contribution >= 0.6 is 0 Å². The van der Waals surface area contributed by atoms with E-state index in [2.05, 4.69) is 46.5 Å². The normalized spacial score (nSPS) is 21.3. The molecule has 0 saturated carbocycles. The van der Waals surface area contributed by atoms with Gasteiger partial charge in [-0.2, -0.15) is 0 Å². The Kier molecular flexibility index (Phi) is 3.26. The number of hydrogen-bond donors (Lipinski definition) is 1. The fraction of sp³-hybridized carbons (Fsp3) is 0.400. The van der Waals surface area contributed by atoms with Crippen LogP contribution in [0.2, 0.25) is 0 Å². The number of nitrogens with zero attached hydrogens (tertiary/aromatic N) is 2. The molecule has 0 aliphatic carbocycles. The van der Waals surface area contributed by atoms with Gasteiger partial charge >= 0.3 is 0 Å². The molecule has 3 rings (SSSR count). The van der Waals surface area contributed by atoms with Crippen molar-refractivity contribution in [1.29, 1.82) is 0 Å². The number of aromatic nitrogens is 1. The second-order valence-electron chi connectivity index (χ2n) is 5.07. The minimum absolute atomic E-state index is 0.605. The third-order valence-electron chi connectivity index (χ3n) is 3.78. The first-order valence-electron chi connectivity index (χ1n) is 6.57. The summed E-state index contributed by atoms with van der Waals surface area (Å²) in [7, 11) is 2.22. The van der Waals surface area contributed by atoms with Gasteiger partial charge in [0.25, 0.3) is 0 Å². The first kappa shape index (κ1) is 11.6. The maximum Gasteiger partial charge on any atom is 0.0702 e. The number of hydrogen-bond acceptors (Lipinski definition) is 3. The Morgan fingerprint density at radius 3 is 3.22 bits per heavy atom. The standard InChI is InChI=1S/C15H19N3/c1-18-8-7-16-11-14(18)10-12-4-5-15-13(9-12)3-2-6-17-15/h2-6,9,14,16H,7-8,10-11H2,1H3. The lowest BCUT2D eigenvalue weighted by molar-refractivity contribution is 0.199. The van der Waals surface area contributed by atoms with Crippen LogP contribution in [0, 0.1) is 0 Å². The van der Waals surface area contributed by atoms with Gasteiger partial charge in [0, 0.05) is 37.3 Å². The maximum atomic E-state index is 4.36. The van der Waals surface area contributed by atoms with Crippen LogP contribution in [0.1, 0.15) is 5.56 Å². The van der Waals surface area contributed by atoms with Crippen LogP contribution in [0.3, 0.4) is 0 Å². The lowest BCUT2D eigenvalue weighted by Gasteiger charge is -2.33. The highest BCUT2D eigenvalue weighted by Gasteiger charge is 2.18. The van der Waals surface area contributed by atoms with Crippen LogP contribution in [0.4, 0.5) is 0 Å². The van der Waals surface area contributed by atoms with Crippen LogP contribution in [-0.2, 0) is 6.42 Å². The fourth-order valence-corrected chi connectivity index (χ4v) is 2.61. The molecule has 18 heavy (non-hydrogen) atoms. The van der Waals surface area contributed by atoms with Crippen LogP contribution in [0.25, 0.3) is 10.9 Å². The zero-order valence-corrected chi connectivity index (χ0v) is 10.8. The predicted octanol–water partition coefficient (Wildman–Crippen LogP) is 1.68. The summed E-state index contributed by atoms with van der Waals surface area (Å²) in [6.45, 7) is 3.33. The van der Waals surface area contributed by atoms with Crippen molar-refractivity contribution in [3.05, 3.63) is 42.1 Å². The van der Waals surface area contributed by atoms with Gasteiger partial charge in [-0.15, -0.1) is 0 Å². The summed E-state index contributed by atoms with van der Waals surface area (Å²) in [5.74, 6) is 0. The average Bonchev–Trinajstić information content (AvgIpc) is 2.41. The zero-order valence-electron chi connectivity index (χ0n) is 10.8. The van der Waals surface area contributed by atoms with Gasteiger partial charge in [0.15, 0.2) is 0 Å². The average molecular weight is 241 g/mol. The summed E-state index contributed by atoms with van der Waals surface area (Å²) in [6.07, 6.45) is 2.95. The fourth-order valence-electron chi connectivity index (χ4n) is 2.61. The first-order chi connectivity index (χ1) is 8.83. The van der Waals surface area contributed by atoms with E-state index in [1.165, 1.54) is 10.9 Å². The zero-order chi connectivity index (χ0) is 12.4. The molecule has 0 spiro atoms. The first-order valence-corrected chi connectivity index (χ1v) is 6.57. The van der Waals surface area contributed by atoms with Crippen LogP contribution < -0.4 is 5.32 Å². The Balaban J connectivity index is 1.81. The van der Waals surface area contributed by atoms with Crippen molar-refractivity contribution in [2.45, 2.75) is 12.5 Å². The van der Waals surface area contributed by atoms with Crippen molar-refractivity contribution in [3.63, 3.8) is 0 Å². The third-order valence-corrected chi connectivity index (χ3v) is 3.78. The van der Waals surface area contributed by atoms with Crippen molar-refractivity contribution in [2.75, 3.05) is 26.7 Å². The summed E-state index contributed by atoms with van der Waals surface area (Å²) in [5.41, 5.74) is 2.48. The molecule has 1 fully saturated rings. The lowest BCUT2D eigenvalue weighted by atomic mass is 10.0. The number of rotatable bonds is 2. The molecule has 1 saturated heterocycles. The Labute approximate surface area is 108 Å². The van der Waals surface area contributed by atoms with E-state index < -0.39 is 0 Å². The number of piperazine rings is 1. The van der Waals surface area contributed by atoms with Crippen molar-refractivity contribution in [2.24, 2.45) is 0 Å². The lowest BCUT2D eigenvalue weighted by Crippen LogP contribution is -2.50. The van der Waals surface area contributed by atoms with Crippen molar-refractivity contribution in [3.8, 4) is 0 Å². The summed E-state index contributed by atoms with van der Waals surface area (Å²) in [5, 5.41) is 4.71. The van der Waals surface area contributed by atoms with Crippen molar-refractivity contribution in [1.82, 2.24) is 15.2 Å². The Bertz CT molecular complexity index is 538. The van der Waals surface area contributed by atoms with Gasteiger partial charge in [-0.3, -0.25) is 4.98 Å². The molecular weight excluding hydrogens is 222 g/mol. The van der Waals surface area contributed by atoms with Gasteiger partial charge in [0.1, 0.15) is 0 Å². The van der Waals surface area contributed by atoms with E-state index in [9.17, 15) is 0 Å². The molecule has 2 heterocycles. The second-order valence-corrected chi connectivity index (χ2v) is 5.07. The molecule has 0 amide bonds. The molecule has 0 radical (unpaired) electrons. The minimum atomic E-state index is 0.605. The monoisotopic (exact) mass is 241 g/mol. The second kappa shape index (κ2) is 5.04. The predicted molar refractivity (Wildman–Crippen MR) is 74.7 cm³/mol. The van der Waals surface area contributed by atoms with Gasteiger partial charge in [-0.25, -0.2) is 0 Å². The molecule has 3 nitrogen and oxygen atoms in total. The molecule has 1 aliphatic heterocycles. The molecule has 0 bridgehead atoms. The third kappa shape index (κ3) is 2.37. The number of nitrogens with one attached hydrogen (secondary N) is 1. The van der Waals surface area contributed by atoms with Crippen molar-refractivity contribution >= 4 is 10.9 Å². The highest BCUT2D eigenvalue weighted by Crippen LogP contribution is 2.16. The van der Waals surface area contributed by atoms with E-state index in [0.29, 0.717) is 6.04 Å². The summed E-state index contributed by atoms with van der Waals surface area (Å²) >= 11 is 0. The molecule has 1 aromatic heterocycles. The van der Waals surface area contributed by atoms with Crippen LogP contribution in [0.15, 0.2) is 36.5 Å². The van der Waals surface area contributed by atoms with E-state index in [1.54, 1.807) is 0 Å². The number of benzene rings is 1. The van der Waals surface area contributed by atoms with Gasteiger partial charge in [-0.05, 0) is 37.2 Å². The smallest absolute Gasteiger partial charge is 0.0702 e. The van der Waals surface area contributed by atoms with E-state index in [4.69, 9.17) is 0 Å². The number of fused-ring (bicyclic) bond motifs is 1. The Morgan fingerprint density at radius 1 is 1.39 bits per heavy atom. The summed E-state index contributed by atoms with van der Waals surface area (Å²) in [4.78, 5) is 6.81. The van der Waals surface area contributed by atoms with Crippen molar-refractivity contribution < 1.29 is 0 Å². The molecular formula is C15H19N3. The van der Waals surface area contributed by atoms with E-state index >= 15 is 0 Å². The number of likely N-dealkylation sites (N-methyl/N-ethyl adjacent to an activating group) is 1. The molecule has 1 unspecified atom stereocenters. The maximum absolute atomic E-state index is 4.36. The van der Waals surface area contributed by atoms with E-state index in [-0.39, 0.29) is 0 Å². The highest BCUT2D eigenvalue weighted by molar-refractivity contribution is 5.78. The van der Waals surface area contributed by atoms with E-state index in [1.807, 2.05) is 12.3 Å². The van der Waals surface area contributed by atoms with Crippen LogP contribution in [-0.4, -0.2) is 42.6 Å². The van der Waals surface area contributed by atoms with Gasteiger partial charge in [0.05, 0.1) is 5.52 Å². The Morgan fingerprint density at radius 2 is 2.33 bits per heavy atom.